The van der Waals surface area contributed by atoms with Crippen molar-refractivity contribution in [1.82, 2.24) is 19.6 Å². The Kier molecular flexibility index (Phi) is 4.35. The van der Waals surface area contributed by atoms with E-state index in [2.05, 4.69) is 10.00 Å². The second kappa shape index (κ2) is 6.26. The molecule has 1 N–H and O–H groups in total. The molecule has 7 nitrogen and oxygen atoms in total. The first-order valence-electron chi connectivity index (χ1n) is 7.86. The number of rotatable bonds is 5. The summed E-state index contributed by atoms with van der Waals surface area (Å²) in [5.74, 6) is 0.839. The summed E-state index contributed by atoms with van der Waals surface area (Å²) in [6.45, 7) is 3.68. The molecule has 1 aromatic rings. The van der Waals surface area contributed by atoms with Gasteiger partial charge < -0.3 is 14.7 Å². The number of carbonyl (C=O) groups is 1. The average molecular weight is 308 g/mol. The molecular formula is C15H24N4O3. The Labute approximate surface area is 130 Å². The van der Waals surface area contributed by atoms with Crippen LogP contribution in [0.5, 0.6) is 5.88 Å². The molecule has 1 aromatic heterocycles. The average Bonchev–Trinajstić information content (AvgIpc) is 3.30. The van der Waals surface area contributed by atoms with E-state index in [-0.39, 0.29) is 12.0 Å². The second-order valence-corrected chi connectivity index (χ2v) is 6.22. The minimum absolute atomic E-state index is 0.0349. The van der Waals surface area contributed by atoms with Gasteiger partial charge in [-0.05, 0) is 18.8 Å². The second-order valence-electron chi connectivity index (χ2n) is 6.22. The maximum absolute atomic E-state index is 12.6. The third kappa shape index (κ3) is 3.25. The first kappa shape index (κ1) is 15.3. The van der Waals surface area contributed by atoms with Crippen LogP contribution in [0, 0.1) is 5.92 Å². The molecule has 22 heavy (non-hydrogen) atoms. The summed E-state index contributed by atoms with van der Waals surface area (Å²) in [5.41, 5.74) is 0.511. The number of aryl methyl sites for hydroxylation is 1. The van der Waals surface area contributed by atoms with Crippen LogP contribution in [-0.4, -0.2) is 76.5 Å². The van der Waals surface area contributed by atoms with Gasteiger partial charge >= 0.3 is 0 Å². The van der Waals surface area contributed by atoms with Gasteiger partial charge in [0, 0.05) is 46.0 Å². The van der Waals surface area contributed by atoms with Crippen molar-refractivity contribution in [3.63, 3.8) is 0 Å². The highest BCUT2D eigenvalue weighted by molar-refractivity contribution is 5.96. The fourth-order valence-electron chi connectivity index (χ4n) is 2.96. The molecule has 1 saturated heterocycles. The molecule has 1 amide bonds. The van der Waals surface area contributed by atoms with Crippen LogP contribution in [0.15, 0.2) is 6.20 Å². The third-order valence-electron chi connectivity index (χ3n) is 4.49. The van der Waals surface area contributed by atoms with Gasteiger partial charge in [0.1, 0.15) is 5.56 Å². The Morgan fingerprint density at radius 1 is 1.41 bits per heavy atom. The van der Waals surface area contributed by atoms with Crippen molar-refractivity contribution in [3.8, 4) is 5.88 Å². The minimum atomic E-state index is -0.208. The number of hydrogen-bond donors (Lipinski definition) is 1. The van der Waals surface area contributed by atoms with Gasteiger partial charge in [0.15, 0.2) is 0 Å². The lowest BCUT2D eigenvalue weighted by Crippen LogP contribution is -2.50. The van der Waals surface area contributed by atoms with Crippen LogP contribution in [0.3, 0.4) is 0 Å². The van der Waals surface area contributed by atoms with Gasteiger partial charge in [-0.3, -0.25) is 14.4 Å². The van der Waals surface area contributed by atoms with Crippen molar-refractivity contribution in [3.05, 3.63) is 11.8 Å². The SMILES string of the molecule is COc1nn(C)cc1C(=O)N1CCN(C[C@@H](O)C2CC2)CC1. The van der Waals surface area contributed by atoms with Crippen LogP contribution in [0.2, 0.25) is 0 Å². The lowest BCUT2D eigenvalue weighted by atomic mass is 10.2. The van der Waals surface area contributed by atoms with E-state index in [1.54, 1.807) is 17.9 Å². The van der Waals surface area contributed by atoms with Gasteiger partial charge in [-0.1, -0.05) is 0 Å². The molecule has 0 unspecified atom stereocenters. The topological polar surface area (TPSA) is 70.8 Å². The molecular weight excluding hydrogens is 284 g/mol. The molecule has 0 aromatic carbocycles. The van der Waals surface area contributed by atoms with Crippen molar-refractivity contribution >= 4 is 5.91 Å². The first-order chi connectivity index (χ1) is 10.6. The molecule has 0 radical (unpaired) electrons. The number of aliphatic hydroxyl groups excluding tert-OH is 1. The molecule has 2 heterocycles. The highest BCUT2D eigenvalue weighted by Gasteiger charge is 2.32. The van der Waals surface area contributed by atoms with Crippen molar-refractivity contribution < 1.29 is 14.6 Å². The van der Waals surface area contributed by atoms with Gasteiger partial charge in [-0.2, -0.15) is 0 Å². The van der Waals surface area contributed by atoms with E-state index in [0.717, 1.165) is 32.5 Å². The minimum Gasteiger partial charge on any atom is -0.479 e. The van der Waals surface area contributed by atoms with Crippen LogP contribution in [0.25, 0.3) is 0 Å². The van der Waals surface area contributed by atoms with Crippen LogP contribution < -0.4 is 4.74 Å². The summed E-state index contributed by atoms with van der Waals surface area (Å²) >= 11 is 0. The Morgan fingerprint density at radius 2 is 2.09 bits per heavy atom. The molecule has 1 aliphatic carbocycles. The first-order valence-corrected chi connectivity index (χ1v) is 7.86. The Morgan fingerprint density at radius 3 is 2.68 bits per heavy atom. The number of aliphatic hydroxyl groups is 1. The molecule has 122 valence electrons. The number of aromatic nitrogens is 2. The molecule has 2 fully saturated rings. The van der Waals surface area contributed by atoms with E-state index in [4.69, 9.17) is 4.74 Å². The third-order valence-corrected chi connectivity index (χ3v) is 4.49. The molecule has 1 aliphatic heterocycles. The van der Waals surface area contributed by atoms with Gasteiger partial charge in [0.05, 0.1) is 13.2 Å². The number of nitrogens with zero attached hydrogens (tertiary/aromatic N) is 4. The van der Waals surface area contributed by atoms with Crippen molar-refractivity contribution in [2.75, 3.05) is 39.8 Å². The van der Waals surface area contributed by atoms with E-state index in [9.17, 15) is 9.90 Å². The van der Waals surface area contributed by atoms with Crippen molar-refractivity contribution in [1.29, 1.82) is 0 Å². The zero-order valence-corrected chi connectivity index (χ0v) is 13.2. The number of amides is 1. The van der Waals surface area contributed by atoms with E-state index in [1.807, 2.05) is 4.90 Å². The summed E-state index contributed by atoms with van der Waals surface area (Å²) in [5, 5.41) is 14.1. The number of methoxy groups -OCH3 is 1. The monoisotopic (exact) mass is 308 g/mol. The lowest BCUT2D eigenvalue weighted by molar-refractivity contribution is 0.0486. The summed E-state index contributed by atoms with van der Waals surface area (Å²) in [6.07, 6.45) is 3.80. The number of piperazine rings is 1. The van der Waals surface area contributed by atoms with Crippen LogP contribution in [0.1, 0.15) is 23.2 Å². The van der Waals surface area contributed by atoms with Gasteiger partial charge in [-0.15, -0.1) is 5.10 Å². The molecule has 1 saturated carbocycles. The molecule has 3 rings (SSSR count). The Bertz CT molecular complexity index is 533. The highest BCUT2D eigenvalue weighted by atomic mass is 16.5. The zero-order valence-electron chi connectivity index (χ0n) is 13.2. The largest absolute Gasteiger partial charge is 0.479 e. The number of β-amino-alcohol motifs (C(OH)–C–C–N with tert-alkyl or cyclic N) is 1. The number of ether oxygens (including phenoxy) is 1. The molecule has 0 bridgehead atoms. The van der Waals surface area contributed by atoms with Gasteiger partial charge in [0.2, 0.25) is 5.88 Å². The van der Waals surface area contributed by atoms with Crippen LogP contribution in [0.4, 0.5) is 0 Å². The lowest BCUT2D eigenvalue weighted by Gasteiger charge is -2.35. The van der Waals surface area contributed by atoms with E-state index in [1.165, 1.54) is 7.11 Å². The fraction of sp³-hybridized carbons (Fsp3) is 0.733. The molecule has 1 atom stereocenters. The fourth-order valence-corrected chi connectivity index (χ4v) is 2.96. The number of carbonyl (C=O) groups excluding carboxylic acids is 1. The van der Waals surface area contributed by atoms with Crippen LogP contribution in [-0.2, 0) is 7.05 Å². The highest BCUT2D eigenvalue weighted by Crippen LogP contribution is 2.33. The van der Waals surface area contributed by atoms with E-state index >= 15 is 0 Å². The normalized spacial score (nSPS) is 21.0. The van der Waals surface area contributed by atoms with Crippen LogP contribution >= 0.6 is 0 Å². The standard InChI is InChI=1S/C15H24N4O3/c1-17-9-12(14(16-17)22-2)15(21)19-7-5-18(6-8-19)10-13(20)11-3-4-11/h9,11,13,20H,3-8,10H2,1-2H3/t13-/m1/s1. The van der Waals surface area contributed by atoms with Crippen molar-refractivity contribution in [2.24, 2.45) is 13.0 Å². The summed E-state index contributed by atoms with van der Waals surface area (Å²) in [4.78, 5) is 16.6. The molecule has 2 aliphatic rings. The summed E-state index contributed by atoms with van der Waals surface area (Å²) < 4.78 is 6.75. The van der Waals surface area contributed by atoms with Gasteiger partial charge in [-0.25, -0.2) is 0 Å². The maximum atomic E-state index is 12.6. The predicted molar refractivity (Wildman–Crippen MR) is 80.8 cm³/mol. The predicted octanol–water partition coefficient (Wildman–Crippen LogP) is -0.0426. The summed E-state index contributed by atoms with van der Waals surface area (Å²) in [7, 11) is 3.30. The van der Waals surface area contributed by atoms with Crippen molar-refractivity contribution in [2.45, 2.75) is 18.9 Å². The number of hydrogen-bond acceptors (Lipinski definition) is 5. The zero-order chi connectivity index (χ0) is 15.7. The Balaban J connectivity index is 1.55. The smallest absolute Gasteiger partial charge is 0.261 e. The van der Waals surface area contributed by atoms with E-state index < -0.39 is 0 Å². The van der Waals surface area contributed by atoms with Gasteiger partial charge in [0.25, 0.3) is 5.91 Å². The summed E-state index contributed by atoms with van der Waals surface area (Å²) in [6, 6.07) is 0. The Hall–Kier alpha value is -1.60. The molecule has 0 spiro atoms. The maximum Gasteiger partial charge on any atom is 0.261 e. The quantitative estimate of drug-likeness (QED) is 0.826. The van der Waals surface area contributed by atoms with E-state index in [0.29, 0.717) is 30.5 Å². The molecule has 7 heteroatoms.